The van der Waals surface area contributed by atoms with E-state index in [4.69, 9.17) is 14.7 Å². The van der Waals surface area contributed by atoms with Gasteiger partial charge in [-0.3, -0.25) is 9.79 Å². The van der Waals surface area contributed by atoms with E-state index in [1.807, 2.05) is 30.3 Å². The van der Waals surface area contributed by atoms with Crippen molar-refractivity contribution in [2.45, 2.75) is 46.1 Å². The minimum absolute atomic E-state index is 0.00500. The van der Waals surface area contributed by atoms with Crippen molar-refractivity contribution >= 4 is 40.2 Å². The van der Waals surface area contributed by atoms with Crippen LogP contribution in [0.5, 0.6) is 0 Å². The molecular weight excluding hydrogens is 471 g/mol. The average molecular weight is 494 g/mol. The molecule has 1 aromatic carbocycles. The van der Waals surface area contributed by atoms with Gasteiger partial charge in [-0.2, -0.15) is 5.26 Å². The molecule has 148 valence electrons. The molecule has 1 aliphatic rings. The number of carbonyl (C=O) groups is 2. The van der Waals surface area contributed by atoms with Crippen LogP contribution >= 0.6 is 22.6 Å². The first-order chi connectivity index (χ1) is 13.3. The predicted octanol–water partition coefficient (Wildman–Crippen LogP) is 4.15. The van der Waals surface area contributed by atoms with E-state index in [1.54, 1.807) is 27.7 Å². The zero-order valence-corrected chi connectivity index (χ0v) is 18.5. The molecule has 0 bridgehead atoms. The molecule has 0 spiro atoms. The summed E-state index contributed by atoms with van der Waals surface area (Å²) in [6, 6.07) is 9.60. The van der Waals surface area contributed by atoms with E-state index >= 15 is 0 Å². The highest BCUT2D eigenvalue weighted by Crippen LogP contribution is 2.40. The fraction of sp³-hybridized carbons (Fsp3) is 0.429. The van der Waals surface area contributed by atoms with Crippen LogP contribution in [0.1, 0.15) is 45.6 Å². The van der Waals surface area contributed by atoms with Gasteiger partial charge in [0.15, 0.2) is 0 Å². The summed E-state index contributed by atoms with van der Waals surface area (Å²) >= 11 is 2.19. The van der Waals surface area contributed by atoms with Crippen LogP contribution < -0.4 is 0 Å². The molecule has 0 saturated heterocycles. The summed E-state index contributed by atoms with van der Waals surface area (Å²) in [4.78, 5) is 30.2. The topological polar surface area (TPSA) is 88.8 Å². The van der Waals surface area contributed by atoms with E-state index in [2.05, 4.69) is 27.6 Å². The molecule has 0 N–H and O–H groups in total. The zero-order valence-electron chi connectivity index (χ0n) is 16.4. The van der Waals surface area contributed by atoms with Crippen molar-refractivity contribution in [1.82, 2.24) is 0 Å². The Hall–Kier alpha value is -2.21. The van der Waals surface area contributed by atoms with Crippen LogP contribution in [-0.2, 0) is 19.1 Å². The molecule has 1 aromatic rings. The number of benzene rings is 1. The Bertz CT molecular complexity index is 867. The van der Waals surface area contributed by atoms with Crippen molar-refractivity contribution in [2.24, 2.45) is 10.9 Å². The number of hydrogen-bond donors (Lipinski definition) is 0. The van der Waals surface area contributed by atoms with Crippen LogP contribution in [0.25, 0.3) is 0 Å². The van der Waals surface area contributed by atoms with Gasteiger partial charge in [0.05, 0.1) is 24.2 Å². The van der Waals surface area contributed by atoms with Gasteiger partial charge in [0.2, 0.25) is 0 Å². The Morgan fingerprint density at radius 3 is 2.64 bits per heavy atom. The van der Waals surface area contributed by atoms with Gasteiger partial charge in [-0.15, -0.1) is 0 Å². The van der Waals surface area contributed by atoms with E-state index in [0.29, 0.717) is 17.0 Å². The molecule has 0 aromatic heterocycles. The van der Waals surface area contributed by atoms with Crippen LogP contribution in [0.15, 0.2) is 40.5 Å². The van der Waals surface area contributed by atoms with Crippen molar-refractivity contribution in [3.63, 3.8) is 0 Å². The lowest BCUT2D eigenvalue weighted by molar-refractivity contribution is -0.150. The first-order valence-electron chi connectivity index (χ1n) is 9.02. The summed E-state index contributed by atoms with van der Waals surface area (Å²) in [5, 5.41) is 8.70. The standard InChI is InChI=1S/C21H23IN2O4/c1-12(2)28-21(26)18-14(4)24-13(3)17(20(25)27-10-6-9-23)19(18)15-7-5-8-16(22)11-15/h5,7-8,11-12,18-19H,6,10H2,1-4H3. The molecule has 6 nitrogen and oxygen atoms in total. The van der Waals surface area contributed by atoms with Gasteiger partial charge in [0.1, 0.15) is 12.5 Å². The van der Waals surface area contributed by atoms with Crippen LogP contribution in [-0.4, -0.2) is 30.4 Å². The molecule has 2 rings (SSSR count). The quantitative estimate of drug-likeness (QED) is 0.337. The van der Waals surface area contributed by atoms with Gasteiger partial charge >= 0.3 is 11.9 Å². The first-order valence-corrected chi connectivity index (χ1v) is 10.1. The smallest absolute Gasteiger partial charge is 0.336 e. The first kappa shape index (κ1) is 22.1. The third-order valence-corrected chi connectivity index (χ3v) is 4.98. The fourth-order valence-corrected chi connectivity index (χ4v) is 3.81. The van der Waals surface area contributed by atoms with Crippen molar-refractivity contribution < 1.29 is 19.1 Å². The molecule has 2 unspecified atom stereocenters. The second kappa shape index (κ2) is 9.82. The summed E-state index contributed by atoms with van der Waals surface area (Å²) in [6.07, 6.45) is -0.178. The average Bonchev–Trinajstić information content (AvgIpc) is 2.60. The normalized spacial score (nSPS) is 19.1. The molecule has 0 aliphatic carbocycles. The maximum Gasteiger partial charge on any atom is 0.336 e. The number of ether oxygens (including phenoxy) is 2. The zero-order chi connectivity index (χ0) is 20.8. The molecule has 0 fully saturated rings. The number of carbonyl (C=O) groups excluding carboxylic acids is 2. The summed E-state index contributed by atoms with van der Waals surface area (Å²) in [5.74, 6) is -2.26. The second-order valence-corrected chi connectivity index (χ2v) is 8.04. The second-order valence-electron chi connectivity index (χ2n) is 6.79. The van der Waals surface area contributed by atoms with Crippen LogP contribution in [0.2, 0.25) is 0 Å². The van der Waals surface area contributed by atoms with E-state index in [0.717, 1.165) is 9.13 Å². The number of nitriles is 1. The predicted molar refractivity (Wildman–Crippen MR) is 114 cm³/mol. The van der Waals surface area contributed by atoms with Crippen molar-refractivity contribution in [1.29, 1.82) is 5.26 Å². The SMILES string of the molecule is CC1=NC(C)=C(C(=O)OCCC#N)C(c2cccc(I)c2)C1C(=O)OC(C)C. The lowest BCUT2D eigenvalue weighted by atomic mass is 9.75. The Balaban J connectivity index is 2.55. The third-order valence-electron chi connectivity index (χ3n) is 4.31. The minimum Gasteiger partial charge on any atom is -0.462 e. The van der Waals surface area contributed by atoms with Crippen molar-refractivity contribution in [2.75, 3.05) is 6.61 Å². The molecule has 1 heterocycles. The minimum atomic E-state index is -0.720. The number of rotatable bonds is 6. The van der Waals surface area contributed by atoms with Crippen LogP contribution in [0, 0.1) is 20.8 Å². The van der Waals surface area contributed by atoms with E-state index in [9.17, 15) is 9.59 Å². The highest BCUT2D eigenvalue weighted by molar-refractivity contribution is 14.1. The fourth-order valence-electron chi connectivity index (χ4n) is 3.24. The van der Waals surface area contributed by atoms with Gasteiger partial charge in [-0.1, -0.05) is 12.1 Å². The Labute approximate surface area is 178 Å². The Morgan fingerprint density at radius 2 is 2.04 bits per heavy atom. The lowest BCUT2D eigenvalue weighted by Crippen LogP contribution is -2.37. The molecule has 1 aliphatic heterocycles. The van der Waals surface area contributed by atoms with E-state index < -0.39 is 23.8 Å². The van der Waals surface area contributed by atoms with Gasteiger partial charge in [-0.25, -0.2) is 4.79 Å². The van der Waals surface area contributed by atoms with Gasteiger partial charge in [-0.05, 0) is 68.0 Å². The monoisotopic (exact) mass is 494 g/mol. The van der Waals surface area contributed by atoms with Gasteiger partial charge in [0, 0.05) is 20.9 Å². The van der Waals surface area contributed by atoms with Gasteiger partial charge < -0.3 is 9.47 Å². The molecule has 7 heteroatoms. The highest BCUT2D eigenvalue weighted by atomic mass is 127. The number of esters is 2. The highest BCUT2D eigenvalue weighted by Gasteiger charge is 2.42. The molecule has 0 radical (unpaired) electrons. The van der Waals surface area contributed by atoms with Crippen LogP contribution in [0.3, 0.4) is 0 Å². The number of aliphatic imine (C=N–C) groups is 1. The summed E-state index contributed by atoms with van der Waals surface area (Å²) in [5.41, 5.74) is 2.26. The van der Waals surface area contributed by atoms with E-state index in [1.165, 1.54) is 0 Å². The summed E-state index contributed by atoms with van der Waals surface area (Å²) < 4.78 is 11.7. The Kier molecular flexibility index (Phi) is 7.75. The van der Waals surface area contributed by atoms with E-state index in [-0.39, 0.29) is 19.1 Å². The maximum atomic E-state index is 12.9. The van der Waals surface area contributed by atoms with Crippen molar-refractivity contribution in [3.8, 4) is 6.07 Å². The van der Waals surface area contributed by atoms with Gasteiger partial charge in [0.25, 0.3) is 0 Å². The Morgan fingerprint density at radius 1 is 1.32 bits per heavy atom. The number of allylic oxidation sites excluding steroid dienone is 1. The molecular formula is C21H23IN2O4. The largest absolute Gasteiger partial charge is 0.462 e. The summed E-state index contributed by atoms with van der Waals surface area (Å²) in [7, 11) is 0. The van der Waals surface area contributed by atoms with Crippen molar-refractivity contribution in [3.05, 3.63) is 44.7 Å². The molecule has 28 heavy (non-hydrogen) atoms. The summed E-state index contributed by atoms with van der Waals surface area (Å²) in [6.45, 7) is 7.07. The number of hydrogen-bond acceptors (Lipinski definition) is 6. The number of halogens is 1. The molecule has 0 amide bonds. The third kappa shape index (κ3) is 5.19. The van der Waals surface area contributed by atoms with Crippen LogP contribution in [0.4, 0.5) is 0 Å². The lowest BCUT2D eigenvalue weighted by Gasteiger charge is -2.32. The number of nitrogens with zero attached hydrogens (tertiary/aromatic N) is 2. The molecule has 2 atom stereocenters. The molecule has 0 saturated carbocycles. The maximum absolute atomic E-state index is 12.9.